The first-order chi connectivity index (χ1) is 15.3. The highest BCUT2D eigenvalue weighted by atomic mass is 35.5. The van der Waals surface area contributed by atoms with Gasteiger partial charge in [-0.15, -0.1) is 0 Å². The molecule has 1 atom stereocenters. The predicted molar refractivity (Wildman–Crippen MR) is 131 cm³/mol. The van der Waals surface area contributed by atoms with E-state index in [0.29, 0.717) is 23.8 Å². The molecule has 2 aliphatic rings. The third-order valence-corrected chi connectivity index (χ3v) is 6.43. The van der Waals surface area contributed by atoms with Crippen LogP contribution in [-0.4, -0.2) is 35.5 Å². The molecule has 0 radical (unpaired) electrons. The van der Waals surface area contributed by atoms with Gasteiger partial charge in [-0.1, -0.05) is 35.9 Å². The molecule has 0 bridgehead atoms. The summed E-state index contributed by atoms with van der Waals surface area (Å²) in [5, 5.41) is 6.09. The van der Waals surface area contributed by atoms with E-state index in [-0.39, 0.29) is 11.9 Å². The smallest absolute Gasteiger partial charge is 0.219 e. The van der Waals surface area contributed by atoms with Crippen LogP contribution < -0.4 is 16.9 Å². The van der Waals surface area contributed by atoms with Crippen LogP contribution in [0.15, 0.2) is 54.2 Å². The molecule has 1 amide bonds. The SMILES string of the molecule is CC(=O)N1CC=C(c2ccc3c(c2)C(Nc2cccc(Cl)c2)CCN(N)/C3=C(/C)N)CC1. The van der Waals surface area contributed by atoms with Crippen LogP contribution in [0.1, 0.15) is 49.4 Å². The van der Waals surface area contributed by atoms with Crippen LogP contribution in [0.3, 0.4) is 0 Å². The van der Waals surface area contributed by atoms with Crippen molar-refractivity contribution in [3.05, 3.63) is 76.0 Å². The monoisotopic (exact) mass is 451 g/mol. The standard InChI is InChI=1S/C25H30ClN5O/c1-16(27)25-22-7-6-19(18-8-11-30(12-9-18)17(2)32)14-23(22)24(10-13-31(25)28)29-21-5-3-4-20(26)15-21/h3-8,14-15,24,29H,9-13,27-28H2,1-2H3/b25-16-. The maximum atomic E-state index is 11.7. The molecular weight excluding hydrogens is 422 g/mol. The summed E-state index contributed by atoms with van der Waals surface area (Å²) in [6.45, 7) is 5.57. The Morgan fingerprint density at radius 2 is 1.97 bits per heavy atom. The van der Waals surface area contributed by atoms with Gasteiger partial charge in [0, 0.05) is 48.5 Å². The Morgan fingerprint density at radius 1 is 1.16 bits per heavy atom. The summed E-state index contributed by atoms with van der Waals surface area (Å²) in [5.74, 6) is 6.51. The third-order valence-electron chi connectivity index (χ3n) is 6.19. The van der Waals surface area contributed by atoms with E-state index in [0.717, 1.165) is 41.9 Å². The molecule has 2 aliphatic heterocycles. The van der Waals surface area contributed by atoms with Gasteiger partial charge in [0.15, 0.2) is 0 Å². The second-order valence-electron chi connectivity index (χ2n) is 8.47. The zero-order valence-electron chi connectivity index (χ0n) is 18.6. The number of amides is 1. The van der Waals surface area contributed by atoms with Gasteiger partial charge in [-0.3, -0.25) is 4.79 Å². The molecule has 2 aromatic rings. The highest BCUT2D eigenvalue weighted by molar-refractivity contribution is 6.30. The molecule has 6 nitrogen and oxygen atoms in total. The number of nitrogens with two attached hydrogens (primary N) is 2. The second-order valence-corrected chi connectivity index (χ2v) is 8.90. The fraction of sp³-hybridized carbons (Fsp3) is 0.320. The lowest BCUT2D eigenvalue weighted by Gasteiger charge is -2.27. The first-order valence-electron chi connectivity index (χ1n) is 10.9. The molecule has 2 aromatic carbocycles. The Labute approximate surface area is 194 Å². The van der Waals surface area contributed by atoms with Gasteiger partial charge < -0.3 is 21.0 Å². The Kier molecular flexibility index (Phi) is 6.44. The summed E-state index contributed by atoms with van der Waals surface area (Å²) in [7, 11) is 0. The van der Waals surface area contributed by atoms with E-state index in [1.807, 2.05) is 36.1 Å². The molecule has 2 heterocycles. The molecule has 168 valence electrons. The molecule has 4 rings (SSSR count). The number of benzene rings is 2. The number of anilines is 1. The van der Waals surface area contributed by atoms with E-state index in [4.69, 9.17) is 23.2 Å². The lowest BCUT2D eigenvalue weighted by Crippen LogP contribution is -2.32. The molecule has 0 aromatic heterocycles. The largest absolute Gasteiger partial charge is 0.401 e. The molecular formula is C25H30ClN5O. The minimum absolute atomic E-state index is 0.0456. The maximum absolute atomic E-state index is 11.7. The van der Waals surface area contributed by atoms with Crippen LogP contribution in [0.4, 0.5) is 5.69 Å². The minimum atomic E-state index is 0.0456. The molecule has 0 saturated carbocycles. The molecule has 7 heteroatoms. The predicted octanol–water partition coefficient (Wildman–Crippen LogP) is 4.36. The van der Waals surface area contributed by atoms with Gasteiger partial charge in [0.2, 0.25) is 5.91 Å². The third kappa shape index (κ3) is 4.61. The van der Waals surface area contributed by atoms with Crippen molar-refractivity contribution in [2.75, 3.05) is 25.0 Å². The van der Waals surface area contributed by atoms with Gasteiger partial charge >= 0.3 is 0 Å². The fourth-order valence-corrected chi connectivity index (χ4v) is 4.73. The molecule has 0 spiro atoms. The van der Waals surface area contributed by atoms with E-state index in [1.165, 1.54) is 11.1 Å². The number of hydrogen-bond acceptors (Lipinski definition) is 5. The first kappa shape index (κ1) is 22.2. The van der Waals surface area contributed by atoms with Crippen LogP contribution in [0.5, 0.6) is 0 Å². The summed E-state index contributed by atoms with van der Waals surface area (Å²) in [6.07, 6.45) is 3.81. The summed E-state index contributed by atoms with van der Waals surface area (Å²) in [6, 6.07) is 14.3. The van der Waals surface area contributed by atoms with Crippen molar-refractivity contribution < 1.29 is 4.79 Å². The van der Waals surface area contributed by atoms with Crippen molar-refractivity contribution in [2.24, 2.45) is 11.6 Å². The first-order valence-corrected chi connectivity index (χ1v) is 11.3. The van der Waals surface area contributed by atoms with E-state index < -0.39 is 0 Å². The van der Waals surface area contributed by atoms with Crippen molar-refractivity contribution in [1.29, 1.82) is 0 Å². The Hall–Kier alpha value is -2.96. The van der Waals surface area contributed by atoms with Crippen molar-refractivity contribution in [3.8, 4) is 0 Å². The van der Waals surface area contributed by atoms with Crippen molar-refractivity contribution in [1.82, 2.24) is 9.91 Å². The lowest BCUT2D eigenvalue weighted by atomic mass is 9.90. The normalized spacial score (nSPS) is 20.2. The van der Waals surface area contributed by atoms with Gasteiger partial charge in [0.05, 0.1) is 11.7 Å². The van der Waals surface area contributed by atoms with Crippen LogP contribution >= 0.6 is 11.6 Å². The number of hydrazine groups is 1. The minimum Gasteiger partial charge on any atom is -0.401 e. The number of fused-ring (bicyclic) bond motifs is 1. The van der Waals surface area contributed by atoms with Crippen molar-refractivity contribution in [3.63, 3.8) is 0 Å². The molecule has 0 aliphatic carbocycles. The molecule has 1 unspecified atom stereocenters. The van der Waals surface area contributed by atoms with Crippen LogP contribution in [0, 0.1) is 0 Å². The zero-order valence-corrected chi connectivity index (χ0v) is 19.3. The Morgan fingerprint density at radius 3 is 2.62 bits per heavy atom. The van der Waals surface area contributed by atoms with Crippen LogP contribution in [-0.2, 0) is 4.79 Å². The molecule has 32 heavy (non-hydrogen) atoms. The second kappa shape index (κ2) is 9.27. The number of allylic oxidation sites excluding steroid dienone is 1. The summed E-state index contributed by atoms with van der Waals surface area (Å²) in [4.78, 5) is 13.6. The molecule has 0 saturated heterocycles. The van der Waals surface area contributed by atoms with Crippen LogP contribution in [0.2, 0.25) is 5.02 Å². The lowest BCUT2D eigenvalue weighted by molar-refractivity contribution is -0.128. The van der Waals surface area contributed by atoms with Gasteiger partial charge in [0.1, 0.15) is 0 Å². The topological polar surface area (TPSA) is 87.6 Å². The quantitative estimate of drug-likeness (QED) is 0.603. The number of carbonyl (C=O) groups is 1. The number of hydrogen-bond donors (Lipinski definition) is 3. The van der Waals surface area contributed by atoms with E-state index in [2.05, 4.69) is 29.6 Å². The van der Waals surface area contributed by atoms with E-state index in [9.17, 15) is 4.79 Å². The highest BCUT2D eigenvalue weighted by Gasteiger charge is 2.27. The van der Waals surface area contributed by atoms with Gasteiger partial charge in [-0.05, 0) is 60.7 Å². The number of nitrogens with one attached hydrogen (secondary N) is 1. The number of carbonyl (C=O) groups excluding carboxylic acids is 1. The van der Waals surface area contributed by atoms with Crippen molar-refractivity contribution in [2.45, 2.75) is 32.7 Å². The Balaban J connectivity index is 1.75. The van der Waals surface area contributed by atoms with Gasteiger partial charge in [-0.2, -0.15) is 0 Å². The van der Waals surface area contributed by atoms with Gasteiger partial charge in [-0.25, -0.2) is 5.84 Å². The number of rotatable bonds is 3. The molecule has 5 N–H and O–H groups in total. The summed E-state index contributed by atoms with van der Waals surface area (Å²) in [5.41, 5.74) is 13.4. The number of halogens is 1. The average Bonchev–Trinajstić information content (AvgIpc) is 2.90. The number of nitrogens with zero attached hydrogens (tertiary/aromatic N) is 2. The fourth-order valence-electron chi connectivity index (χ4n) is 4.54. The maximum Gasteiger partial charge on any atom is 0.219 e. The summed E-state index contributed by atoms with van der Waals surface area (Å²) >= 11 is 6.22. The summed E-state index contributed by atoms with van der Waals surface area (Å²) < 4.78 is 0. The zero-order chi connectivity index (χ0) is 22.8. The van der Waals surface area contributed by atoms with Crippen LogP contribution in [0.25, 0.3) is 11.3 Å². The Bertz CT molecular complexity index is 1090. The molecule has 0 fully saturated rings. The van der Waals surface area contributed by atoms with E-state index >= 15 is 0 Å². The van der Waals surface area contributed by atoms with Crippen molar-refractivity contribution >= 4 is 34.5 Å². The van der Waals surface area contributed by atoms with Gasteiger partial charge in [0.25, 0.3) is 0 Å². The van der Waals surface area contributed by atoms with E-state index in [1.54, 1.807) is 11.9 Å². The highest BCUT2D eigenvalue weighted by Crippen LogP contribution is 2.37. The average molecular weight is 452 g/mol.